The molecule has 76 valence electrons. The smallest absolute Gasteiger partial charge is 0.323 e. The Morgan fingerprint density at radius 3 is 3.00 bits per heavy atom. The van der Waals surface area contributed by atoms with Crippen LogP contribution in [0.3, 0.4) is 0 Å². The van der Waals surface area contributed by atoms with Crippen molar-refractivity contribution in [1.29, 1.82) is 0 Å². The number of ether oxygens (including phenoxy) is 1. The first-order valence-corrected chi connectivity index (χ1v) is 4.67. The maximum absolute atomic E-state index is 12.1. The fraction of sp³-hybridized carbons (Fsp3) is 0.889. The molecule has 1 atom stereocenters. The molecule has 0 N–H and O–H groups in total. The number of halogens is 1. The van der Waals surface area contributed by atoms with Gasteiger partial charge in [-0.05, 0) is 19.4 Å². The van der Waals surface area contributed by atoms with Crippen molar-refractivity contribution in [2.24, 2.45) is 0 Å². The average molecular weight is 189 g/mol. The molecule has 0 bridgehead atoms. The third-order valence-electron chi connectivity index (χ3n) is 2.46. The number of nitrogens with zero attached hydrogens (tertiary/aromatic N) is 1. The van der Waals surface area contributed by atoms with E-state index < -0.39 is 6.67 Å². The van der Waals surface area contributed by atoms with Crippen molar-refractivity contribution in [2.45, 2.75) is 25.3 Å². The zero-order valence-corrected chi connectivity index (χ0v) is 7.96. The van der Waals surface area contributed by atoms with Crippen LogP contribution in [0, 0.1) is 0 Å². The number of hydrogen-bond donors (Lipinski definition) is 0. The molecule has 4 heteroatoms. The molecule has 0 saturated carbocycles. The Kier molecular flexibility index (Phi) is 4.15. The highest BCUT2D eigenvalue weighted by atomic mass is 19.1. The summed E-state index contributed by atoms with van der Waals surface area (Å²) in [5, 5.41) is 0. The Balaban J connectivity index is 2.50. The van der Waals surface area contributed by atoms with E-state index >= 15 is 0 Å². The lowest BCUT2D eigenvalue weighted by Gasteiger charge is -2.32. The Morgan fingerprint density at radius 1 is 1.62 bits per heavy atom. The Morgan fingerprint density at radius 2 is 2.38 bits per heavy atom. The van der Waals surface area contributed by atoms with Gasteiger partial charge in [0.2, 0.25) is 0 Å². The van der Waals surface area contributed by atoms with E-state index in [0.29, 0.717) is 6.54 Å². The van der Waals surface area contributed by atoms with Crippen LogP contribution in [0.1, 0.15) is 19.3 Å². The topological polar surface area (TPSA) is 29.5 Å². The number of rotatable bonds is 3. The van der Waals surface area contributed by atoms with E-state index in [1.807, 2.05) is 4.90 Å². The third kappa shape index (κ3) is 2.66. The molecule has 0 aromatic carbocycles. The molecule has 1 aliphatic heterocycles. The van der Waals surface area contributed by atoms with Crippen molar-refractivity contribution < 1.29 is 13.9 Å². The number of hydrogen-bond acceptors (Lipinski definition) is 3. The van der Waals surface area contributed by atoms with Gasteiger partial charge in [-0.25, -0.2) is 4.39 Å². The SMILES string of the molecule is COC(=O)[C@H]1CCCCN1CCF. The van der Waals surface area contributed by atoms with Crippen LogP contribution in [0.5, 0.6) is 0 Å². The first-order chi connectivity index (χ1) is 6.29. The molecule has 0 amide bonds. The normalized spacial score (nSPS) is 24.3. The summed E-state index contributed by atoms with van der Waals surface area (Å²) < 4.78 is 16.8. The summed E-state index contributed by atoms with van der Waals surface area (Å²) >= 11 is 0. The van der Waals surface area contributed by atoms with Crippen LogP contribution in [0.15, 0.2) is 0 Å². The van der Waals surface area contributed by atoms with E-state index in [-0.39, 0.29) is 12.0 Å². The quantitative estimate of drug-likeness (QED) is 0.620. The molecule has 1 aliphatic rings. The highest BCUT2D eigenvalue weighted by Gasteiger charge is 2.28. The van der Waals surface area contributed by atoms with E-state index in [1.54, 1.807) is 0 Å². The minimum atomic E-state index is -0.395. The van der Waals surface area contributed by atoms with Crippen molar-refractivity contribution >= 4 is 5.97 Å². The second-order valence-electron chi connectivity index (χ2n) is 3.26. The van der Waals surface area contributed by atoms with E-state index in [2.05, 4.69) is 4.74 Å². The fourth-order valence-electron chi connectivity index (χ4n) is 1.77. The first-order valence-electron chi connectivity index (χ1n) is 4.67. The van der Waals surface area contributed by atoms with Crippen molar-refractivity contribution in [3.63, 3.8) is 0 Å². The predicted molar refractivity (Wildman–Crippen MR) is 47.2 cm³/mol. The molecular formula is C9H16FNO2. The predicted octanol–water partition coefficient (Wildman–Crippen LogP) is 0.983. The minimum absolute atomic E-state index is 0.213. The van der Waals surface area contributed by atoms with Crippen LogP contribution in [-0.2, 0) is 9.53 Å². The number of alkyl halides is 1. The molecule has 3 nitrogen and oxygen atoms in total. The standard InChI is InChI=1S/C9H16FNO2/c1-13-9(12)8-4-2-3-6-11(8)7-5-10/h8H,2-7H2,1H3/t8-/m1/s1. The molecule has 1 fully saturated rings. The summed E-state index contributed by atoms with van der Waals surface area (Å²) in [6, 6.07) is -0.213. The Bertz CT molecular complexity index is 173. The summed E-state index contributed by atoms with van der Waals surface area (Å²) in [5.41, 5.74) is 0. The highest BCUT2D eigenvalue weighted by molar-refractivity contribution is 5.75. The van der Waals surface area contributed by atoms with Gasteiger partial charge in [-0.1, -0.05) is 6.42 Å². The maximum Gasteiger partial charge on any atom is 0.323 e. The largest absolute Gasteiger partial charge is 0.468 e. The van der Waals surface area contributed by atoms with Gasteiger partial charge in [0.05, 0.1) is 7.11 Å². The van der Waals surface area contributed by atoms with Crippen molar-refractivity contribution in [3.05, 3.63) is 0 Å². The molecular weight excluding hydrogens is 173 g/mol. The second-order valence-corrected chi connectivity index (χ2v) is 3.26. The van der Waals surface area contributed by atoms with Crippen LogP contribution >= 0.6 is 0 Å². The number of carbonyl (C=O) groups is 1. The molecule has 1 saturated heterocycles. The van der Waals surface area contributed by atoms with Crippen LogP contribution in [-0.4, -0.2) is 43.8 Å². The second kappa shape index (κ2) is 5.17. The highest BCUT2D eigenvalue weighted by Crippen LogP contribution is 2.17. The molecule has 0 aliphatic carbocycles. The van der Waals surface area contributed by atoms with Crippen molar-refractivity contribution in [1.82, 2.24) is 4.90 Å². The zero-order chi connectivity index (χ0) is 9.68. The van der Waals surface area contributed by atoms with Crippen LogP contribution < -0.4 is 0 Å². The third-order valence-corrected chi connectivity index (χ3v) is 2.46. The van der Waals surface area contributed by atoms with Gasteiger partial charge < -0.3 is 4.74 Å². The van der Waals surface area contributed by atoms with Crippen LogP contribution in [0.25, 0.3) is 0 Å². The van der Waals surface area contributed by atoms with Gasteiger partial charge in [0.25, 0.3) is 0 Å². The molecule has 0 aromatic rings. The molecule has 0 radical (unpaired) electrons. The zero-order valence-electron chi connectivity index (χ0n) is 7.96. The molecule has 13 heavy (non-hydrogen) atoms. The van der Waals surface area contributed by atoms with Crippen molar-refractivity contribution in [3.8, 4) is 0 Å². The number of carbonyl (C=O) groups excluding carboxylic acids is 1. The number of piperidine rings is 1. The molecule has 1 rings (SSSR count). The first kappa shape index (κ1) is 10.4. The average Bonchev–Trinajstić information content (AvgIpc) is 2.18. The lowest BCUT2D eigenvalue weighted by atomic mass is 10.0. The monoisotopic (exact) mass is 189 g/mol. The van der Waals surface area contributed by atoms with Crippen LogP contribution in [0.4, 0.5) is 4.39 Å². The molecule has 0 aromatic heterocycles. The molecule has 0 unspecified atom stereocenters. The lowest BCUT2D eigenvalue weighted by molar-refractivity contribution is -0.148. The van der Waals surface area contributed by atoms with E-state index in [1.165, 1.54) is 7.11 Å². The summed E-state index contributed by atoms with van der Waals surface area (Å²) in [4.78, 5) is 13.1. The van der Waals surface area contributed by atoms with Gasteiger partial charge in [0, 0.05) is 6.54 Å². The number of methoxy groups -OCH3 is 1. The Labute approximate surface area is 77.9 Å². The van der Waals surface area contributed by atoms with E-state index in [9.17, 15) is 9.18 Å². The maximum atomic E-state index is 12.1. The molecule has 1 heterocycles. The van der Waals surface area contributed by atoms with Gasteiger partial charge in [-0.3, -0.25) is 9.69 Å². The summed E-state index contributed by atoms with van der Waals surface area (Å²) in [6.45, 7) is 0.761. The van der Waals surface area contributed by atoms with E-state index in [0.717, 1.165) is 25.8 Å². The van der Waals surface area contributed by atoms with E-state index in [4.69, 9.17) is 0 Å². The summed E-state index contributed by atoms with van der Waals surface area (Å²) in [5.74, 6) is -0.229. The number of likely N-dealkylation sites (tertiary alicyclic amines) is 1. The molecule has 0 spiro atoms. The van der Waals surface area contributed by atoms with Gasteiger partial charge in [-0.15, -0.1) is 0 Å². The summed E-state index contributed by atoms with van der Waals surface area (Å²) in [6.07, 6.45) is 2.88. The van der Waals surface area contributed by atoms with Gasteiger partial charge in [-0.2, -0.15) is 0 Å². The Hall–Kier alpha value is -0.640. The minimum Gasteiger partial charge on any atom is -0.468 e. The van der Waals surface area contributed by atoms with Gasteiger partial charge in [0.1, 0.15) is 12.7 Å². The fourth-order valence-corrected chi connectivity index (χ4v) is 1.77. The number of esters is 1. The lowest BCUT2D eigenvalue weighted by Crippen LogP contribution is -2.46. The van der Waals surface area contributed by atoms with Crippen LogP contribution in [0.2, 0.25) is 0 Å². The van der Waals surface area contributed by atoms with Crippen molar-refractivity contribution in [2.75, 3.05) is 26.9 Å². The van der Waals surface area contributed by atoms with Gasteiger partial charge in [0.15, 0.2) is 0 Å². The van der Waals surface area contributed by atoms with Gasteiger partial charge >= 0.3 is 5.97 Å². The summed E-state index contributed by atoms with van der Waals surface area (Å²) in [7, 11) is 1.38.